The molecule has 1 nitrogen and oxygen atoms in total. The monoisotopic (exact) mass is 173 g/mol. The van der Waals surface area contributed by atoms with Crippen LogP contribution < -0.4 is 5.32 Å². The number of hydrogen-bond acceptors (Lipinski definition) is 1. The summed E-state index contributed by atoms with van der Waals surface area (Å²) in [5, 5.41) is 3.47. The minimum absolute atomic E-state index is 0.592. The van der Waals surface area contributed by atoms with Gasteiger partial charge in [-0.15, -0.1) is 0 Å². The molecule has 0 spiro atoms. The third-order valence-corrected chi connectivity index (χ3v) is 2.51. The fraction of sp³-hybridized carbons (Fsp3) is 0.333. The summed E-state index contributed by atoms with van der Waals surface area (Å²) < 4.78 is 0. The fourth-order valence-electron chi connectivity index (χ4n) is 1.74. The number of aryl methyl sites for hydroxylation is 1. The molecule has 68 valence electrons. The maximum absolute atomic E-state index is 3.47. The predicted molar refractivity (Wildman–Crippen MR) is 56.4 cm³/mol. The minimum atomic E-state index is 0.592. The van der Waals surface area contributed by atoms with Crippen LogP contribution in [0.5, 0.6) is 0 Å². The van der Waals surface area contributed by atoms with Gasteiger partial charge in [-0.2, -0.15) is 0 Å². The molecule has 0 bridgehead atoms. The highest BCUT2D eigenvalue weighted by Gasteiger charge is 2.12. The quantitative estimate of drug-likeness (QED) is 0.688. The van der Waals surface area contributed by atoms with Gasteiger partial charge in [-0.3, -0.25) is 0 Å². The van der Waals surface area contributed by atoms with E-state index < -0.39 is 0 Å². The number of benzene rings is 1. The summed E-state index contributed by atoms with van der Waals surface area (Å²) in [5.41, 5.74) is 3.98. The van der Waals surface area contributed by atoms with Gasteiger partial charge < -0.3 is 5.32 Å². The van der Waals surface area contributed by atoms with Crippen LogP contribution in [0.3, 0.4) is 0 Å². The lowest BCUT2D eigenvalue weighted by Gasteiger charge is -2.10. The zero-order valence-electron chi connectivity index (χ0n) is 8.17. The molecule has 1 atom stereocenters. The molecule has 1 heteroatoms. The van der Waals surface area contributed by atoms with Crippen molar-refractivity contribution < 1.29 is 0 Å². The SMILES string of the molecule is Cc1ccccc1C1=CCC(C)N1. The summed E-state index contributed by atoms with van der Waals surface area (Å²) in [6, 6.07) is 9.09. The molecule has 0 aromatic heterocycles. The Kier molecular flexibility index (Phi) is 2.09. The van der Waals surface area contributed by atoms with Gasteiger partial charge in [0.1, 0.15) is 0 Å². The Bertz CT molecular complexity index is 339. The highest BCUT2D eigenvalue weighted by atomic mass is 14.9. The Morgan fingerprint density at radius 3 is 2.69 bits per heavy atom. The lowest BCUT2D eigenvalue weighted by atomic mass is 10.1. The Balaban J connectivity index is 2.31. The van der Waals surface area contributed by atoms with E-state index in [4.69, 9.17) is 0 Å². The summed E-state index contributed by atoms with van der Waals surface area (Å²) in [6.07, 6.45) is 3.43. The molecule has 1 aromatic rings. The Morgan fingerprint density at radius 2 is 2.08 bits per heavy atom. The second-order valence-corrected chi connectivity index (χ2v) is 3.71. The maximum atomic E-state index is 3.47. The van der Waals surface area contributed by atoms with Crippen LogP contribution in [0.4, 0.5) is 0 Å². The van der Waals surface area contributed by atoms with E-state index in [1.54, 1.807) is 0 Å². The van der Waals surface area contributed by atoms with Crippen molar-refractivity contribution in [3.63, 3.8) is 0 Å². The van der Waals surface area contributed by atoms with Gasteiger partial charge in [0.2, 0.25) is 0 Å². The molecule has 0 saturated heterocycles. The molecule has 1 N–H and O–H groups in total. The smallest absolute Gasteiger partial charge is 0.0378 e. The molecule has 2 rings (SSSR count). The lowest BCUT2D eigenvalue weighted by molar-refractivity contribution is 0.698. The van der Waals surface area contributed by atoms with Crippen LogP contribution in [-0.2, 0) is 0 Å². The summed E-state index contributed by atoms with van der Waals surface area (Å²) in [6.45, 7) is 4.36. The van der Waals surface area contributed by atoms with Gasteiger partial charge in [-0.25, -0.2) is 0 Å². The highest BCUT2D eigenvalue weighted by molar-refractivity contribution is 5.68. The number of nitrogens with one attached hydrogen (secondary N) is 1. The van der Waals surface area contributed by atoms with Crippen LogP contribution in [0.1, 0.15) is 24.5 Å². The molecular formula is C12H15N. The van der Waals surface area contributed by atoms with Crippen molar-refractivity contribution in [3.05, 3.63) is 41.5 Å². The first-order valence-electron chi connectivity index (χ1n) is 4.80. The lowest BCUT2D eigenvalue weighted by Crippen LogP contribution is -2.17. The van der Waals surface area contributed by atoms with E-state index in [-0.39, 0.29) is 0 Å². The molecule has 13 heavy (non-hydrogen) atoms. The first kappa shape index (κ1) is 8.36. The fourth-order valence-corrected chi connectivity index (χ4v) is 1.74. The van der Waals surface area contributed by atoms with Gasteiger partial charge in [0.15, 0.2) is 0 Å². The molecule has 0 radical (unpaired) electrons. The zero-order chi connectivity index (χ0) is 9.26. The largest absolute Gasteiger partial charge is 0.382 e. The molecule has 0 aliphatic carbocycles. The molecule has 1 aliphatic heterocycles. The Hall–Kier alpha value is -1.24. The van der Waals surface area contributed by atoms with Crippen molar-refractivity contribution >= 4 is 5.70 Å². The molecule has 0 saturated carbocycles. The van der Waals surface area contributed by atoms with E-state index in [1.807, 2.05) is 0 Å². The van der Waals surface area contributed by atoms with Gasteiger partial charge in [-0.1, -0.05) is 30.3 Å². The van der Waals surface area contributed by atoms with E-state index in [0.717, 1.165) is 6.42 Å². The number of rotatable bonds is 1. The molecule has 1 aliphatic rings. The van der Waals surface area contributed by atoms with E-state index >= 15 is 0 Å². The van der Waals surface area contributed by atoms with Gasteiger partial charge in [0, 0.05) is 17.3 Å². The van der Waals surface area contributed by atoms with E-state index in [2.05, 4.69) is 49.5 Å². The van der Waals surface area contributed by atoms with Crippen LogP contribution in [0, 0.1) is 6.92 Å². The van der Waals surface area contributed by atoms with Crippen molar-refractivity contribution in [3.8, 4) is 0 Å². The topological polar surface area (TPSA) is 12.0 Å². The van der Waals surface area contributed by atoms with Crippen LogP contribution >= 0.6 is 0 Å². The first-order chi connectivity index (χ1) is 6.27. The van der Waals surface area contributed by atoms with Crippen molar-refractivity contribution in [1.82, 2.24) is 5.32 Å². The molecule has 1 heterocycles. The van der Waals surface area contributed by atoms with Crippen LogP contribution in [-0.4, -0.2) is 6.04 Å². The van der Waals surface area contributed by atoms with Gasteiger partial charge in [0.05, 0.1) is 0 Å². The summed E-state index contributed by atoms with van der Waals surface area (Å²) in [5.74, 6) is 0. The average molecular weight is 173 g/mol. The summed E-state index contributed by atoms with van der Waals surface area (Å²) in [4.78, 5) is 0. The van der Waals surface area contributed by atoms with E-state index in [0.29, 0.717) is 6.04 Å². The summed E-state index contributed by atoms with van der Waals surface area (Å²) in [7, 11) is 0. The van der Waals surface area contributed by atoms with Gasteiger partial charge in [0.25, 0.3) is 0 Å². The Morgan fingerprint density at radius 1 is 1.31 bits per heavy atom. The first-order valence-corrected chi connectivity index (χ1v) is 4.80. The molecule has 1 aromatic carbocycles. The van der Waals surface area contributed by atoms with Crippen LogP contribution in [0.2, 0.25) is 0 Å². The molecule has 0 fully saturated rings. The standard InChI is InChI=1S/C12H15N/c1-9-5-3-4-6-11(9)12-8-7-10(2)13-12/h3-6,8,10,13H,7H2,1-2H3. The normalized spacial score (nSPS) is 21.1. The van der Waals surface area contributed by atoms with Gasteiger partial charge >= 0.3 is 0 Å². The Labute approximate surface area is 79.5 Å². The second kappa shape index (κ2) is 3.25. The number of hydrogen-bond donors (Lipinski definition) is 1. The van der Waals surface area contributed by atoms with Crippen molar-refractivity contribution in [2.45, 2.75) is 26.3 Å². The van der Waals surface area contributed by atoms with E-state index in [9.17, 15) is 0 Å². The molecular weight excluding hydrogens is 158 g/mol. The zero-order valence-corrected chi connectivity index (χ0v) is 8.17. The maximum Gasteiger partial charge on any atom is 0.0378 e. The second-order valence-electron chi connectivity index (χ2n) is 3.71. The van der Waals surface area contributed by atoms with E-state index in [1.165, 1.54) is 16.8 Å². The van der Waals surface area contributed by atoms with Gasteiger partial charge in [-0.05, 0) is 25.8 Å². The molecule has 0 amide bonds. The van der Waals surface area contributed by atoms with Crippen molar-refractivity contribution in [1.29, 1.82) is 0 Å². The van der Waals surface area contributed by atoms with Crippen molar-refractivity contribution in [2.75, 3.05) is 0 Å². The average Bonchev–Trinajstić information content (AvgIpc) is 2.53. The third kappa shape index (κ3) is 1.59. The highest BCUT2D eigenvalue weighted by Crippen LogP contribution is 2.21. The minimum Gasteiger partial charge on any atom is -0.382 e. The predicted octanol–water partition coefficient (Wildman–Crippen LogP) is 2.72. The molecule has 1 unspecified atom stereocenters. The van der Waals surface area contributed by atoms with Crippen LogP contribution in [0.25, 0.3) is 5.70 Å². The third-order valence-electron chi connectivity index (χ3n) is 2.51. The van der Waals surface area contributed by atoms with Crippen LogP contribution in [0.15, 0.2) is 30.3 Å². The summed E-state index contributed by atoms with van der Waals surface area (Å²) >= 11 is 0. The van der Waals surface area contributed by atoms with Crippen molar-refractivity contribution in [2.24, 2.45) is 0 Å².